The second-order valence-corrected chi connectivity index (χ2v) is 3.18. The van der Waals surface area contributed by atoms with Gasteiger partial charge in [-0.25, -0.2) is 4.98 Å². The number of ether oxygens (including phenoxy) is 1. The van der Waals surface area contributed by atoms with E-state index in [0.29, 0.717) is 12.4 Å². The molecule has 0 radical (unpaired) electrons. The summed E-state index contributed by atoms with van der Waals surface area (Å²) < 4.78 is 5.96. The van der Waals surface area contributed by atoms with Crippen LogP contribution in [0.25, 0.3) is 0 Å². The highest BCUT2D eigenvalue weighted by atomic mass is 79.9. The van der Waals surface area contributed by atoms with Crippen molar-refractivity contribution in [2.24, 2.45) is 5.73 Å². The molecule has 4 heteroatoms. The smallest absolute Gasteiger partial charge is 0.213 e. The van der Waals surface area contributed by atoms with Gasteiger partial charge in [-0.05, 0) is 28.5 Å². The van der Waals surface area contributed by atoms with Crippen LogP contribution >= 0.6 is 15.9 Å². The zero-order valence-corrected chi connectivity index (χ0v) is 8.47. The predicted molar refractivity (Wildman–Crippen MR) is 51.2 cm³/mol. The summed E-state index contributed by atoms with van der Waals surface area (Å²) in [5.41, 5.74) is 6.36. The van der Waals surface area contributed by atoms with E-state index in [4.69, 9.17) is 10.5 Å². The van der Waals surface area contributed by atoms with Crippen LogP contribution in [0.2, 0.25) is 0 Å². The molecule has 0 spiro atoms. The van der Waals surface area contributed by atoms with Crippen LogP contribution in [0.3, 0.4) is 0 Å². The van der Waals surface area contributed by atoms with Crippen LogP contribution in [0, 0.1) is 0 Å². The number of methoxy groups -OCH3 is 1. The van der Waals surface area contributed by atoms with E-state index in [0.717, 1.165) is 16.6 Å². The second kappa shape index (κ2) is 4.42. The Kier molecular flexibility index (Phi) is 3.49. The Morgan fingerprint density at radius 2 is 2.33 bits per heavy atom. The summed E-state index contributed by atoms with van der Waals surface area (Å²) in [5.74, 6) is 0.627. The summed E-state index contributed by atoms with van der Waals surface area (Å²) in [6.45, 7) is 0.596. The fourth-order valence-electron chi connectivity index (χ4n) is 0.890. The molecule has 1 rings (SSSR count). The molecule has 2 N–H and O–H groups in total. The molecule has 1 aromatic heterocycles. The monoisotopic (exact) mass is 230 g/mol. The van der Waals surface area contributed by atoms with Crippen LogP contribution in [-0.4, -0.2) is 18.6 Å². The Bertz CT molecular complexity index is 265. The first-order valence-electron chi connectivity index (χ1n) is 3.67. The van der Waals surface area contributed by atoms with Crippen molar-refractivity contribution < 1.29 is 4.74 Å². The van der Waals surface area contributed by atoms with Crippen molar-refractivity contribution in [3.63, 3.8) is 0 Å². The molecule has 66 valence electrons. The maximum atomic E-state index is 5.42. The lowest BCUT2D eigenvalue weighted by Crippen LogP contribution is -2.05. The Morgan fingerprint density at radius 1 is 1.58 bits per heavy atom. The van der Waals surface area contributed by atoms with Crippen molar-refractivity contribution in [1.82, 2.24) is 4.98 Å². The molecule has 0 saturated heterocycles. The van der Waals surface area contributed by atoms with Crippen molar-refractivity contribution in [1.29, 1.82) is 0 Å². The van der Waals surface area contributed by atoms with Gasteiger partial charge in [0.15, 0.2) is 0 Å². The van der Waals surface area contributed by atoms with Crippen molar-refractivity contribution in [2.45, 2.75) is 6.42 Å². The second-order valence-electron chi connectivity index (χ2n) is 2.32. The van der Waals surface area contributed by atoms with E-state index in [1.165, 1.54) is 0 Å². The lowest BCUT2D eigenvalue weighted by atomic mass is 10.3. The zero-order chi connectivity index (χ0) is 8.97. The van der Waals surface area contributed by atoms with Gasteiger partial charge >= 0.3 is 0 Å². The summed E-state index contributed by atoms with van der Waals surface area (Å²) in [6.07, 6.45) is 0.762. The number of halogens is 1. The van der Waals surface area contributed by atoms with Gasteiger partial charge < -0.3 is 10.5 Å². The highest BCUT2D eigenvalue weighted by Gasteiger charge is 2.01. The van der Waals surface area contributed by atoms with Gasteiger partial charge in [0.2, 0.25) is 5.88 Å². The minimum absolute atomic E-state index is 0.596. The maximum Gasteiger partial charge on any atom is 0.213 e. The fraction of sp³-hybridized carbons (Fsp3) is 0.375. The van der Waals surface area contributed by atoms with Crippen LogP contribution in [0.4, 0.5) is 0 Å². The zero-order valence-electron chi connectivity index (χ0n) is 6.88. The van der Waals surface area contributed by atoms with Gasteiger partial charge in [-0.3, -0.25) is 0 Å². The summed E-state index contributed by atoms with van der Waals surface area (Å²) in [6, 6.07) is 3.72. The molecular formula is C8H11BrN2O. The van der Waals surface area contributed by atoms with Crippen molar-refractivity contribution >= 4 is 15.9 Å². The van der Waals surface area contributed by atoms with E-state index < -0.39 is 0 Å². The van der Waals surface area contributed by atoms with E-state index in [2.05, 4.69) is 20.9 Å². The van der Waals surface area contributed by atoms with Gasteiger partial charge in [-0.15, -0.1) is 0 Å². The molecule has 1 aromatic rings. The summed E-state index contributed by atoms with van der Waals surface area (Å²) in [7, 11) is 1.60. The largest absolute Gasteiger partial charge is 0.481 e. The number of nitrogens with two attached hydrogens (primary N) is 1. The van der Waals surface area contributed by atoms with E-state index in [1.807, 2.05) is 12.1 Å². The molecule has 3 nitrogen and oxygen atoms in total. The molecule has 0 aliphatic heterocycles. The molecule has 0 aliphatic rings. The minimum Gasteiger partial charge on any atom is -0.481 e. The van der Waals surface area contributed by atoms with Crippen molar-refractivity contribution in [2.75, 3.05) is 13.7 Å². The number of pyridine rings is 1. The SMILES string of the molecule is COc1ccc(Br)c(CCN)n1. The van der Waals surface area contributed by atoms with E-state index in [9.17, 15) is 0 Å². The molecular weight excluding hydrogens is 220 g/mol. The standard InChI is InChI=1S/C8H11BrN2O/c1-12-8-3-2-6(9)7(11-8)4-5-10/h2-3H,4-5,10H2,1H3. The Labute approximate surface area is 80.1 Å². The number of aromatic nitrogens is 1. The third-order valence-electron chi connectivity index (χ3n) is 1.48. The minimum atomic E-state index is 0.596. The van der Waals surface area contributed by atoms with Crippen LogP contribution in [0.15, 0.2) is 16.6 Å². The Morgan fingerprint density at radius 3 is 2.92 bits per heavy atom. The van der Waals surface area contributed by atoms with Gasteiger partial charge in [0.25, 0.3) is 0 Å². The van der Waals surface area contributed by atoms with Gasteiger partial charge in [-0.2, -0.15) is 0 Å². The van der Waals surface area contributed by atoms with Gasteiger partial charge in [0, 0.05) is 17.0 Å². The number of nitrogens with zero attached hydrogens (tertiary/aromatic N) is 1. The molecule has 0 bridgehead atoms. The third kappa shape index (κ3) is 2.19. The van der Waals surface area contributed by atoms with E-state index in [-0.39, 0.29) is 0 Å². The lowest BCUT2D eigenvalue weighted by Gasteiger charge is -2.03. The predicted octanol–water partition coefficient (Wildman–Crippen LogP) is 1.35. The molecule has 0 saturated carbocycles. The number of hydrogen-bond acceptors (Lipinski definition) is 3. The normalized spacial score (nSPS) is 9.92. The summed E-state index contributed by atoms with van der Waals surface area (Å²) in [4.78, 5) is 4.23. The Hall–Kier alpha value is -0.610. The summed E-state index contributed by atoms with van der Waals surface area (Å²) in [5, 5.41) is 0. The first-order valence-corrected chi connectivity index (χ1v) is 4.46. The van der Waals surface area contributed by atoms with Crippen LogP contribution in [0.1, 0.15) is 5.69 Å². The third-order valence-corrected chi connectivity index (χ3v) is 2.21. The molecule has 0 aromatic carbocycles. The lowest BCUT2D eigenvalue weighted by molar-refractivity contribution is 0.396. The number of hydrogen-bond donors (Lipinski definition) is 1. The highest BCUT2D eigenvalue weighted by Crippen LogP contribution is 2.18. The maximum absolute atomic E-state index is 5.42. The summed E-state index contributed by atoms with van der Waals surface area (Å²) >= 11 is 3.39. The Balaban J connectivity index is 2.91. The topological polar surface area (TPSA) is 48.1 Å². The molecule has 0 fully saturated rings. The van der Waals surface area contributed by atoms with Gasteiger partial charge in [0.1, 0.15) is 0 Å². The van der Waals surface area contributed by atoms with E-state index in [1.54, 1.807) is 7.11 Å². The molecule has 0 amide bonds. The van der Waals surface area contributed by atoms with Gasteiger partial charge in [-0.1, -0.05) is 0 Å². The average molecular weight is 231 g/mol. The first-order chi connectivity index (χ1) is 5.77. The fourth-order valence-corrected chi connectivity index (χ4v) is 1.31. The quantitative estimate of drug-likeness (QED) is 0.854. The first kappa shape index (κ1) is 9.48. The van der Waals surface area contributed by atoms with Crippen LogP contribution < -0.4 is 10.5 Å². The molecule has 0 aliphatic carbocycles. The molecule has 0 atom stereocenters. The molecule has 12 heavy (non-hydrogen) atoms. The van der Waals surface area contributed by atoms with Gasteiger partial charge in [0.05, 0.1) is 12.8 Å². The van der Waals surface area contributed by atoms with Crippen LogP contribution in [0.5, 0.6) is 5.88 Å². The van der Waals surface area contributed by atoms with E-state index >= 15 is 0 Å². The van der Waals surface area contributed by atoms with Crippen LogP contribution in [-0.2, 0) is 6.42 Å². The number of rotatable bonds is 3. The average Bonchev–Trinajstić information content (AvgIpc) is 2.09. The molecule has 1 heterocycles. The highest BCUT2D eigenvalue weighted by molar-refractivity contribution is 9.10. The molecule has 0 unspecified atom stereocenters. The van der Waals surface area contributed by atoms with Crippen molar-refractivity contribution in [3.05, 3.63) is 22.3 Å². The van der Waals surface area contributed by atoms with Crippen molar-refractivity contribution in [3.8, 4) is 5.88 Å².